The van der Waals surface area contributed by atoms with Crippen LogP contribution < -0.4 is 5.73 Å². The smallest absolute Gasteiger partial charge is 0.303 e. The summed E-state index contributed by atoms with van der Waals surface area (Å²) in [4.78, 5) is 0. The molecule has 0 radical (unpaired) electrons. The van der Waals surface area contributed by atoms with Crippen LogP contribution in [0.2, 0.25) is 0 Å². The summed E-state index contributed by atoms with van der Waals surface area (Å²) in [6.45, 7) is 3.38. The maximum atomic E-state index is 13.9. The van der Waals surface area contributed by atoms with Gasteiger partial charge in [-0.3, -0.25) is 0 Å². The number of hydrogen-bond acceptors (Lipinski definition) is 2. The summed E-state index contributed by atoms with van der Waals surface area (Å²) in [5.74, 6) is -4.74. The summed E-state index contributed by atoms with van der Waals surface area (Å²) >= 11 is 0. The van der Waals surface area contributed by atoms with Crippen LogP contribution in [0.15, 0.2) is 18.2 Å². The van der Waals surface area contributed by atoms with E-state index in [1.165, 1.54) is 19.1 Å². The zero-order valence-electron chi connectivity index (χ0n) is 9.97. The molecular weight excluding hydrogens is 231 g/mol. The third-order valence-electron chi connectivity index (χ3n) is 2.63. The first-order chi connectivity index (χ1) is 7.59. The lowest BCUT2D eigenvalue weighted by Crippen LogP contribution is -2.41. The fraction of sp³-hybridized carbons (Fsp3) is 0.500. The highest BCUT2D eigenvalue weighted by Crippen LogP contribution is 2.40. The van der Waals surface area contributed by atoms with Gasteiger partial charge in [0.1, 0.15) is 11.4 Å². The molecule has 1 aromatic rings. The highest BCUT2D eigenvalue weighted by atomic mass is 19.3. The Labute approximate surface area is 98.3 Å². The summed E-state index contributed by atoms with van der Waals surface area (Å²) < 4.78 is 41.6. The fourth-order valence-electron chi connectivity index (χ4n) is 1.47. The zero-order valence-corrected chi connectivity index (χ0v) is 9.97. The Bertz CT molecular complexity index is 411. The molecule has 0 aliphatic heterocycles. The van der Waals surface area contributed by atoms with Crippen molar-refractivity contribution in [3.8, 4) is 0 Å². The molecule has 0 aliphatic carbocycles. The second-order valence-electron chi connectivity index (χ2n) is 4.63. The number of nitrogens with two attached hydrogens (primary N) is 1. The molecule has 1 atom stereocenters. The van der Waals surface area contributed by atoms with Gasteiger partial charge in [0.15, 0.2) is 0 Å². The largest absolute Gasteiger partial charge is 0.384 e. The van der Waals surface area contributed by atoms with Crippen LogP contribution in [0.25, 0.3) is 0 Å². The van der Waals surface area contributed by atoms with E-state index in [4.69, 9.17) is 5.73 Å². The second-order valence-corrected chi connectivity index (χ2v) is 4.63. The molecule has 0 heterocycles. The minimum absolute atomic E-state index is 0.00595. The lowest BCUT2D eigenvalue weighted by molar-refractivity contribution is -0.170. The van der Waals surface area contributed by atoms with Gasteiger partial charge in [-0.1, -0.05) is 12.1 Å². The van der Waals surface area contributed by atoms with Gasteiger partial charge in [-0.15, -0.1) is 0 Å². The minimum atomic E-state index is -3.68. The maximum absolute atomic E-state index is 13.9. The van der Waals surface area contributed by atoms with Gasteiger partial charge < -0.3 is 10.8 Å². The van der Waals surface area contributed by atoms with Crippen LogP contribution in [0, 0.1) is 5.82 Å². The van der Waals surface area contributed by atoms with Gasteiger partial charge in [0, 0.05) is 11.6 Å². The molecule has 17 heavy (non-hydrogen) atoms. The predicted octanol–water partition coefficient (Wildman–Crippen LogP) is 2.71. The summed E-state index contributed by atoms with van der Waals surface area (Å²) in [6.07, 6.45) is 0. The summed E-state index contributed by atoms with van der Waals surface area (Å²) in [5, 5.41) is 9.40. The molecule has 0 saturated heterocycles. The third kappa shape index (κ3) is 2.45. The van der Waals surface area contributed by atoms with Crippen LogP contribution in [0.1, 0.15) is 37.9 Å². The van der Waals surface area contributed by atoms with Crippen molar-refractivity contribution >= 4 is 0 Å². The molecule has 3 N–H and O–H groups in total. The lowest BCUT2D eigenvalue weighted by atomic mass is 9.91. The molecule has 0 fully saturated rings. The molecule has 0 aromatic heterocycles. The SMILES string of the molecule is C[C@H](N)c1cccc(C(F)(F)C(C)(C)O)c1F. The van der Waals surface area contributed by atoms with Crippen molar-refractivity contribution in [3.63, 3.8) is 0 Å². The Morgan fingerprint density at radius 3 is 2.24 bits per heavy atom. The van der Waals surface area contributed by atoms with E-state index in [1.54, 1.807) is 0 Å². The van der Waals surface area contributed by atoms with E-state index >= 15 is 0 Å². The van der Waals surface area contributed by atoms with E-state index < -0.39 is 28.9 Å². The average Bonchev–Trinajstić information content (AvgIpc) is 2.15. The normalized spacial score (nSPS) is 14.8. The molecule has 0 unspecified atom stereocenters. The summed E-state index contributed by atoms with van der Waals surface area (Å²) in [5.41, 5.74) is 2.32. The molecule has 0 bridgehead atoms. The summed E-state index contributed by atoms with van der Waals surface area (Å²) in [6, 6.07) is 2.92. The van der Waals surface area contributed by atoms with Crippen molar-refractivity contribution < 1.29 is 18.3 Å². The van der Waals surface area contributed by atoms with Gasteiger partial charge in [-0.2, -0.15) is 8.78 Å². The highest BCUT2D eigenvalue weighted by Gasteiger charge is 2.49. The van der Waals surface area contributed by atoms with Gasteiger partial charge in [-0.25, -0.2) is 4.39 Å². The number of rotatable bonds is 3. The van der Waals surface area contributed by atoms with E-state index in [0.717, 1.165) is 19.9 Å². The highest BCUT2D eigenvalue weighted by molar-refractivity contribution is 5.32. The quantitative estimate of drug-likeness (QED) is 0.862. The second kappa shape index (κ2) is 4.31. The van der Waals surface area contributed by atoms with Crippen LogP contribution in [-0.4, -0.2) is 10.7 Å². The van der Waals surface area contributed by atoms with Gasteiger partial charge >= 0.3 is 5.92 Å². The van der Waals surface area contributed by atoms with E-state index in [2.05, 4.69) is 0 Å². The number of aliphatic hydroxyl groups is 1. The van der Waals surface area contributed by atoms with Crippen molar-refractivity contribution in [1.29, 1.82) is 0 Å². The van der Waals surface area contributed by atoms with Crippen molar-refractivity contribution in [2.24, 2.45) is 5.73 Å². The molecule has 1 aromatic carbocycles. The lowest BCUT2D eigenvalue weighted by Gasteiger charge is -2.30. The molecule has 0 aliphatic rings. The average molecular weight is 247 g/mol. The molecule has 5 heteroatoms. The topological polar surface area (TPSA) is 46.2 Å². The predicted molar refractivity (Wildman–Crippen MR) is 59.2 cm³/mol. The Hall–Kier alpha value is -1.07. The zero-order chi connectivity index (χ0) is 13.4. The molecule has 96 valence electrons. The Morgan fingerprint density at radius 2 is 1.82 bits per heavy atom. The van der Waals surface area contributed by atoms with Crippen molar-refractivity contribution in [3.05, 3.63) is 35.1 Å². The minimum Gasteiger partial charge on any atom is -0.384 e. The van der Waals surface area contributed by atoms with Crippen LogP contribution >= 0.6 is 0 Å². The van der Waals surface area contributed by atoms with Gasteiger partial charge in [-0.05, 0) is 26.8 Å². The third-order valence-corrected chi connectivity index (χ3v) is 2.63. The molecular formula is C12H16F3NO. The standard InChI is InChI=1S/C12H16F3NO/c1-7(16)8-5-4-6-9(10(8)13)12(14,15)11(2,3)17/h4-7,17H,16H2,1-3H3/t7-/m0/s1. The number of benzene rings is 1. The monoisotopic (exact) mass is 247 g/mol. The Morgan fingerprint density at radius 1 is 1.29 bits per heavy atom. The molecule has 0 saturated carbocycles. The van der Waals surface area contributed by atoms with Gasteiger partial charge in [0.25, 0.3) is 0 Å². The van der Waals surface area contributed by atoms with Crippen molar-refractivity contribution in [2.45, 2.75) is 38.3 Å². The summed E-state index contributed by atoms with van der Waals surface area (Å²) in [7, 11) is 0. The van der Waals surface area contributed by atoms with E-state index in [0.29, 0.717) is 0 Å². The molecule has 0 spiro atoms. The Balaban J connectivity index is 3.38. The van der Waals surface area contributed by atoms with Gasteiger partial charge in [0.2, 0.25) is 0 Å². The van der Waals surface area contributed by atoms with Crippen molar-refractivity contribution in [2.75, 3.05) is 0 Å². The van der Waals surface area contributed by atoms with E-state index in [1.807, 2.05) is 0 Å². The van der Waals surface area contributed by atoms with Crippen molar-refractivity contribution in [1.82, 2.24) is 0 Å². The maximum Gasteiger partial charge on any atom is 0.303 e. The molecule has 2 nitrogen and oxygen atoms in total. The Kier molecular flexibility index (Phi) is 3.55. The van der Waals surface area contributed by atoms with Crippen LogP contribution in [0.4, 0.5) is 13.2 Å². The first-order valence-electron chi connectivity index (χ1n) is 5.23. The first kappa shape index (κ1) is 14.0. The number of hydrogen-bond donors (Lipinski definition) is 2. The molecule has 1 rings (SSSR count). The number of halogens is 3. The van der Waals surface area contributed by atoms with Gasteiger partial charge in [0.05, 0.1) is 5.56 Å². The van der Waals surface area contributed by atoms with Crippen LogP contribution in [0.5, 0.6) is 0 Å². The van der Waals surface area contributed by atoms with Crippen LogP contribution in [-0.2, 0) is 5.92 Å². The first-order valence-corrected chi connectivity index (χ1v) is 5.23. The van der Waals surface area contributed by atoms with Crippen LogP contribution in [0.3, 0.4) is 0 Å². The van der Waals surface area contributed by atoms with E-state index in [9.17, 15) is 18.3 Å². The fourth-order valence-corrected chi connectivity index (χ4v) is 1.47. The molecule has 0 amide bonds. The number of alkyl halides is 2. The van der Waals surface area contributed by atoms with E-state index in [-0.39, 0.29) is 5.56 Å².